The number of nitrogens with one attached hydrogen (secondary N) is 1. The zero-order chi connectivity index (χ0) is 25.8. The molecule has 1 N–H and O–H groups in total. The van der Waals surface area contributed by atoms with E-state index in [2.05, 4.69) is 9.99 Å². The Hall–Kier alpha value is -3.25. The zero-order valence-corrected chi connectivity index (χ0v) is 22.2. The highest BCUT2D eigenvalue weighted by Gasteiger charge is 2.28. The summed E-state index contributed by atoms with van der Waals surface area (Å²) in [5.74, 6) is 0.682. The molecular formula is C30H29Cl2N3O2. The Balaban J connectivity index is 1.41. The van der Waals surface area contributed by atoms with E-state index in [0.717, 1.165) is 59.9 Å². The number of hydrogen-bond donors (Lipinski definition) is 1. The number of rotatable bonds is 7. The van der Waals surface area contributed by atoms with Gasteiger partial charge in [-0.2, -0.15) is 0 Å². The molecule has 0 saturated carbocycles. The van der Waals surface area contributed by atoms with Crippen LogP contribution in [0.1, 0.15) is 40.9 Å². The Kier molecular flexibility index (Phi) is 7.85. The van der Waals surface area contributed by atoms with Crippen molar-refractivity contribution in [2.75, 3.05) is 18.1 Å². The molecule has 1 aliphatic rings. The Morgan fingerprint density at radius 3 is 2.38 bits per heavy atom. The third-order valence-electron chi connectivity index (χ3n) is 6.60. The second-order valence-electron chi connectivity index (χ2n) is 9.25. The van der Waals surface area contributed by atoms with Crippen molar-refractivity contribution in [3.05, 3.63) is 106 Å². The van der Waals surface area contributed by atoms with E-state index in [1.54, 1.807) is 12.1 Å². The molecule has 1 saturated heterocycles. The first-order valence-corrected chi connectivity index (χ1v) is 13.3. The molecule has 0 atom stereocenters. The van der Waals surface area contributed by atoms with Crippen molar-refractivity contribution in [3.63, 3.8) is 0 Å². The van der Waals surface area contributed by atoms with Gasteiger partial charge in [0.1, 0.15) is 12.4 Å². The van der Waals surface area contributed by atoms with Crippen LogP contribution in [0.3, 0.4) is 0 Å². The number of hydrogen-bond acceptors (Lipinski definition) is 3. The van der Waals surface area contributed by atoms with Crippen LogP contribution in [0.4, 0.5) is 5.69 Å². The SMILES string of the molecule is Cc1[nH]c(-c2ccc(Cl)cc2Cl)cc1C(=O)N(c1ccc(OCc2ccccc2)cc1)N1CCCCC1. The van der Waals surface area contributed by atoms with E-state index >= 15 is 0 Å². The molecule has 190 valence electrons. The predicted octanol–water partition coefficient (Wildman–Crippen LogP) is 7.92. The van der Waals surface area contributed by atoms with Gasteiger partial charge in [0, 0.05) is 35.1 Å². The van der Waals surface area contributed by atoms with Crippen LogP contribution >= 0.6 is 23.2 Å². The molecule has 1 aliphatic heterocycles. The van der Waals surface area contributed by atoms with Crippen molar-refractivity contribution in [2.45, 2.75) is 32.8 Å². The van der Waals surface area contributed by atoms with Gasteiger partial charge in [-0.15, -0.1) is 0 Å². The fourth-order valence-electron chi connectivity index (χ4n) is 4.66. The quantitative estimate of drug-likeness (QED) is 0.262. The maximum Gasteiger partial charge on any atom is 0.274 e. The molecule has 1 aromatic heterocycles. The number of carbonyl (C=O) groups is 1. The fraction of sp³-hybridized carbons (Fsp3) is 0.233. The fourth-order valence-corrected chi connectivity index (χ4v) is 5.17. The van der Waals surface area contributed by atoms with Crippen molar-refractivity contribution in [1.82, 2.24) is 9.99 Å². The lowest BCUT2D eigenvalue weighted by Crippen LogP contribution is -2.49. The number of aromatic amines is 1. The summed E-state index contributed by atoms with van der Waals surface area (Å²) in [6.45, 7) is 4.07. The van der Waals surface area contributed by atoms with Gasteiger partial charge < -0.3 is 9.72 Å². The molecule has 3 aromatic carbocycles. The molecule has 37 heavy (non-hydrogen) atoms. The molecular weight excluding hydrogens is 505 g/mol. The van der Waals surface area contributed by atoms with E-state index < -0.39 is 0 Å². The van der Waals surface area contributed by atoms with Crippen molar-refractivity contribution >= 4 is 34.8 Å². The first-order chi connectivity index (χ1) is 18.0. The second kappa shape index (κ2) is 11.4. The third-order valence-corrected chi connectivity index (χ3v) is 7.15. The average Bonchev–Trinajstić information content (AvgIpc) is 3.30. The van der Waals surface area contributed by atoms with Gasteiger partial charge in [-0.05, 0) is 73.9 Å². The standard InChI is InChI=1S/C30H29Cl2N3O2/c1-21-27(19-29(33-21)26-15-10-23(31)18-28(26)32)30(36)35(34-16-6-3-7-17-34)24-11-13-25(14-12-24)37-20-22-8-4-2-5-9-22/h2,4-5,8-15,18-19,33H,3,6-7,16-17,20H2,1H3. The first kappa shape index (κ1) is 25.4. The second-order valence-corrected chi connectivity index (χ2v) is 10.1. The largest absolute Gasteiger partial charge is 0.489 e. The maximum absolute atomic E-state index is 14.0. The molecule has 0 spiro atoms. The lowest BCUT2D eigenvalue weighted by atomic mass is 10.1. The predicted molar refractivity (Wildman–Crippen MR) is 150 cm³/mol. The van der Waals surface area contributed by atoms with Crippen molar-refractivity contribution in [1.29, 1.82) is 0 Å². The summed E-state index contributed by atoms with van der Waals surface area (Å²) >= 11 is 12.5. The molecule has 5 nitrogen and oxygen atoms in total. The highest BCUT2D eigenvalue weighted by Crippen LogP contribution is 2.33. The summed E-state index contributed by atoms with van der Waals surface area (Å²) < 4.78 is 5.96. The first-order valence-electron chi connectivity index (χ1n) is 12.5. The molecule has 0 radical (unpaired) electrons. The minimum atomic E-state index is -0.0788. The molecule has 0 unspecified atom stereocenters. The molecule has 0 aliphatic carbocycles. The van der Waals surface area contributed by atoms with Crippen molar-refractivity contribution < 1.29 is 9.53 Å². The van der Waals surface area contributed by atoms with Gasteiger partial charge in [0.05, 0.1) is 16.3 Å². The summed E-state index contributed by atoms with van der Waals surface area (Å²) in [6, 6.07) is 25.0. The van der Waals surface area contributed by atoms with E-state index in [4.69, 9.17) is 27.9 Å². The number of H-pyrrole nitrogens is 1. The number of amides is 1. The molecule has 1 fully saturated rings. The monoisotopic (exact) mass is 533 g/mol. The number of aromatic nitrogens is 1. The minimum Gasteiger partial charge on any atom is -0.489 e. The van der Waals surface area contributed by atoms with Crippen molar-refractivity contribution in [2.24, 2.45) is 0 Å². The number of aryl methyl sites for hydroxylation is 1. The van der Waals surface area contributed by atoms with E-state index in [1.807, 2.05) is 78.7 Å². The number of hydrazine groups is 1. The van der Waals surface area contributed by atoms with Crippen LogP contribution < -0.4 is 9.75 Å². The topological polar surface area (TPSA) is 48.6 Å². The van der Waals surface area contributed by atoms with Crippen LogP contribution in [-0.4, -0.2) is 29.0 Å². The summed E-state index contributed by atoms with van der Waals surface area (Å²) in [5.41, 5.74) is 4.90. The molecule has 4 aromatic rings. The summed E-state index contributed by atoms with van der Waals surface area (Å²) in [7, 11) is 0. The van der Waals surface area contributed by atoms with Gasteiger partial charge >= 0.3 is 0 Å². The number of halogens is 2. The van der Waals surface area contributed by atoms with E-state index in [0.29, 0.717) is 22.2 Å². The van der Waals surface area contributed by atoms with Crippen LogP contribution in [0.15, 0.2) is 78.9 Å². The minimum absolute atomic E-state index is 0.0788. The smallest absolute Gasteiger partial charge is 0.274 e. The maximum atomic E-state index is 14.0. The Labute approximate surface area is 227 Å². The number of piperidine rings is 1. The molecule has 7 heteroatoms. The zero-order valence-electron chi connectivity index (χ0n) is 20.7. The van der Waals surface area contributed by atoms with Gasteiger partial charge in [-0.3, -0.25) is 4.79 Å². The normalized spacial score (nSPS) is 13.9. The molecule has 1 amide bonds. The summed E-state index contributed by atoms with van der Waals surface area (Å²) in [5, 5.41) is 5.06. The van der Waals surface area contributed by atoms with Gasteiger partial charge in [0.15, 0.2) is 0 Å². The number of anilines is 1. The average molecular weight is 534 g/mol. The summed E-state index contributed by atoms with van der Waals surface area (Å²) in [4.78, 5) is 17.4. The number of nitrogens with zero attached hydrogens (tertiary/aromatic N) is 2. The van der Waals surface area contributed by atoms with E-state index in [-0.39, 0.29) is 5.91 Å². The van der Waals surface area contributed by atoms with Crippen LogP contribution in [0, 0.1) is 6.92 Å². The van der Waals surface area contributed by atoms with Crippen LogP contribution in [-0.2, 0) is 6.61 Å². The Morgan fingerprint density at radius 1 is 0.946 bits per heavy atom. The number of carbonyl (C=O) groups excluding carboxylic acids is 1. The van der Waals surface area contributed by atoms with Gasteiger partial charge in [-0.1, -0.05) is 60.0 Å². The molecule has 5 rings (SSSR count). The Bertz CT molecular complexity index is 1360. The van der Waals surface area contributed by atoms with Gasteiger partial charge in [0.2, 0.25) is 0 Å². The van der Waals surface area contributed by atoms with E-state index in [9.17, 15) is 4.79 Å². The van der Waals surface area contributed by atoms with E-state index in [1.165, 1.54) is 6.42 Å². The molecule has 0 bridgehead atoms. The van der Waals surface area contributed by atoms with Crippen molar-refractivity contribution in [3.8, 4) is 17.0 Å². The van der Waals surface area contributed by atoms with Crippen LogP contribution in [0.25, 0.3) is 11.3 Å². The lowest BCUT2D eigenvalue weighted by molar-refractivity contribution is 0.0872. The highest BCUT2D eigenvalue weighted by molar-refractivity contribution is 6.36. The number of ether oxygens (including phenoxy) is 1. The molecule has 2 heterocycles. The van der Waals surface area contributed by atoms with Crippen LogP contribution in [0.5, 0.6) is 5.75 Å². The van der Waals surface area contributed by atoms with Gasteiger partial charge in [-0.25, -0.2) is 10.0 Å². The summed E-state index contributed by atoms with van der Waals surface area (Å²) in [6.07, 6.45) is 3.28. The highest BCUT2D eigenvalue weighted by atomic mass is 35.5. The Morgan fingerprint density at radius 2 is 1.68 bits per heavy atom. The van der Waals surface area contributed by atoms with Crippen LogP contribution in [0.2, 0.25) is 10.0 Å². The number of benzene rings is 3. The lowest BCUT2D eigenvalue weighted by Gasteiger charge is -2.37. The third kappa shape index (κ3) is 5.85. The van der Waals surface area contributed by atoms with Gasteiger partial charge in [0.25, 0.3) is 5.91 Å².